The van der Waals surface area contributed by atoms with Crippen LogP contribution >= 0.6 is 0 Å². The van der Waals surface area contributed by atoms with Crippen LogP contribution in [0, 0.1) is 0 Å². The van der Waals surface area contributed by atoms with E-state index in [4.69, 9.17) is 9.84 Å². The number of alkyl halides is 2. The molecule has 0 aromatic heterocycles. The summed E-state index contributed by atoms with van der Waals surface area (Å²) >= 11 is 0. The van der Waals surface area contributed by atoms with Crippen molar-refractivity contribution in [2.45, 2.75) is 19.5 Å². The summed E-state index contributed by atoms with van der Waals surface area (Å²) in [6.45, 7) is -2.90. The van der Waals surface area contributed by atoms with E-state index >= 15 is 0 Å². The maximum Gasteiger partial charge on any atom is 0.387 e. The third-order valence-corrected chi connectivity index (χ3v) is 2.50. The number of methoxy groups -OCH3 is 1. The number of hydrogen-bond acceptors (Lipinski definition) is 4. The third-order valence-electron chi connectivity index (χ3n) is 2.50. The summed E-state index contributed by atoms with van der Waals surface area (Å²) in [4.78, 5) is 22.0. The quantitative estimate of drug-likeness (QED) is 0.639. The second-order valence-electron chi connectivity index (χ2n) is 4.12. The Morgan fingerprint density at radius 1 is 1.36 bits per heavy atom. The number of aliphatic carboxylic acids is 1. The lowest BCUT2D eigenvalue weighted by Crippen LogP contribution is -2.30. The average Bonchev–Trinajstić information content (AvgIpc) is 2.44. The first-order chi connectivity index (χ1) is 10.4. The highest BCUT2D eigenvalue weighted by Crippen LogP contribution is 2.30. The van der Waals surface area contributed by atoms with Crippen LogP contribution in [0.25, 0.3) is 0 Å². The SMILES string of the molecule is COc1ccc(OC(F)F)c(NC(=O)NCCCC(=O)O)c1. The van der Waals surface area contributed by atoms with Gasteiger partial charge in [-0.15, -0.1) is 0 Å². The van der Waals surface area contributed by atoms with E-state index < -0.39 is 18.6 Å². The van der Waals surface area contributed by atoms with E-state index in [2.05, 4.69) is 15.4 Å². The predicted octanol–water partition coefficient (Wildman–Crippen LogP) is 2.28. The highest BCUT2D eigenvalue weighted by atomic mass is 19.3. The zero-order valence-corrected chi connectivity index (χ0v) is 11.8. The fourth-order valence-electron chi connectivity index (χ4n) is 1.54. The van der Waals surface area contributed by atoms with Gasteiger partial charge in [0, 0.05) is 19.0 Å². The molecule has 0 aliphatic rings. The first-order valence-corrected chi connectivity index (χ1v) is 6.32. The van der Waals surface area contributed by atoms with Gasteiger partial charge in [-0.3, -0.25) is 4.79 Å². The molecule has 1 aromatic rings. The second kappa shape index (κ2) is 8.65. The van der Waals surface area contributed by atoms with Gasteiger partial charge in [-0.25, -0.2) is 4.79 Å². The highest BCUT2D eigenvalue weighted by Gasteiger charge is 2.13. The van der Waals surface area contributed by atoms with Gasteiger partial charge in [-0.2, -0.15) is 8.78 Å². The fraction of sp³-hybridized carbons (Fsp3) is 0.385. The molecule has 3 N–H and O–H groups in total. The van der Waals surface area contributed by atoms with Gasteiger partial charge in [0.2, 0.25) is 0 Å². The van der Waals surface area contributed by atoms with Crippen LogP contribution in [-0.4, -0.2) is 37.4 Å². The van der Waals surface area contributed by atoms with Gasteiger partial charge in [0.1, 0.15) is 11.5 Å². The van der Waals surface area contributed by atoms with E-state index in [-0.39, 0.29) is 30.8 Å². The molecule has 0 aliphatic carbocycles. The zero-order valence-electron chi connectivity index (χ0n) is 11.8. The summed E-state index contributed by atoms with van der Waals surface area (Å²) in [6.07, 6.45) is 0.167. The van der Waals surface area contributed by atoms with E-state index in [9.17, 15) is 18.4 Å². The van der Waals surface area contributed by atoms with Crippen molar-refractivity contribution < 1.29 is 33.0 Å². The van der Waals surface area contributed by atoms with E-state index in [0.29, 0.717) is 5.75 Å². The average molecular weight is 318 g/mol. The number of carbonyl (C=O) groups is 2. The number of urea groups is 1. The molecule has 0 heterocycles. The van der Waals surface area contributed by atoms with Gasteiger partial charge in [0.15, 0.2) is 0 Å². The molecule has 9 heteroatoms. The molecule has 0 fully saturated rings. The number of amides is 2. The Kier molecular flexibility index (Phi) is 6.87. The van der Waals surface area contributed by atoms with Crippen molar-refractivity contribution in [1.82, 2.24) is 5.32 Å². The van der Waals surface area contributed by atoms with Crippen LogP contribution in [0.5, 0.6) is 11.5 Å². The number of hydrogen-bond donors (Lipinski definition) is 3. The van der Waals surface area contributed by atoms with Crippen molar-refractivity contribution in [2.24, 2.45) is 0 Å². The van der Waals surface area contributed by atoms with Crippen LogP contribution < -0.4 is 20.1 Å². The van der Waals surface area contributed by atoms with Crippen LogP contribution in [0.3, 0.4) is 0 Å². The summed E-state index contributed by atoms with van der Waals surface area (Å²) in [7, 11) is 1.39. The van der Waals surface area contributed by atoms with Crippen molar-refractivity contribution in [3.63, 3.8) is 0 Å². The summed E-state index contributed by atoms with van der Waals surface area (Å²) in [5.41, 5.74) is 0.00962. The smallest absolute Gasteiger partial charge is 0.387 e. The number of benzene rings is 1. The predicted molar refractivity (Wildman–Crippen MR) is 73.5 cm³/mol. The van der Waals surface area contributed by atoms with Crippen LogP contribution in [0.1, 0.15) is 12.8 Å². The van der Waals surface area contributed by atoms with Gasteiger partial charge in [0.05, 0.1) is 12.8 Å². The molecule has 7 nitrogen and oxygen atoms in total. The number of carbonyl (C=O) groups excluding carboxylic acids is 1. The Labute approximate surface area is 125 Å². The topological polar surface area (TPSA) is 96.9 Å². The summed E-state index contributed by atoms with van der Waals surface area (Å²) in [5.74, 6) is -0.832. The molecule has 0 spiro atoms. The van der Waals surface area contributed by atoms with Crippen molar-refractivity contribution >= 4 is 17.7 Å². The number of ether oxygens (including phenoxy) is 2. The molecule has 0 unspecified atom stereocenters. The number of carboxylic acids is 1. The van der Waals surface area contributed by atoms with Crippen LogP contribution in [0.15, 0.2) is 18.2 Å². The van der Waals surface area contributed by atoms with Gasteiger partial charge in [-0.1, -0.05) is 0 Å². The van der Waals surface area contributed by atoms with Crippen LogP contribution in [-0.2, 0) is 4.79 Å². The summed E-state index contributed by atoms with van der Waals surface area (Å²) < 4.78 is 33.8. The van der Waals surface area contributed by atoms with Crippen LogP contribution in [0.2, 0.25) is 0 Å². The monoisotopic (exact) mass is 318 g/mol. The minimum atomic E-state index is -3.03. The number of nitrogens with one attached hydrogen (secondary N) is 2. The Hall–Kier alpha value is -2.58. The van der Waals surface area contributed by atoms with Crippen molar-refractivity contribution in [3.8, 4) is 11.5 Å². The second-order valence-corrected chi connectivity index (χ2v) is 4.12. The molecule has 2 amide bonds. The van der Waals surface area contributed by atoms with E-state index in [1.807, 2.05) is 0 Å². The zero-order chi connectivity index (χ0) is 16.5. The molecule has 0 aliphatic heterocycles. The lowest BCUT2D eigenvalue weighted by molar-refractivity contribution is -0.137. The maximum absolute atomic E-state index is 12.3. The fourth-order valence-corrected chi connectivity index (χ4v) is 1.54. The van der Waals surface area contributed by atoms with Gasteiger partial charge >= 0.3 is 18.6 Å². The lowest BCUT2D eigenvalue weighted by Gasteiger charge is -2.13. The molecule has 1 aromatic carbocycles. The highest BCUT2D eigenvalue weighted by molar-refractivity contribution is 5.91. The molecular weight excluding hydrogens is 302 g/mol. The minimum Gasteiger partial charge on any atom is -0.497 e. The molecule has 0 saturated carbocycles. The van der Waals surface area contributed by atoms with E-state index in [1.165, 1.54) is 25.3 Å². The molecule has 0 radical (unpaired) electrons. The first kappa shape index (κ1) is 17.5. The Morgan fingerprint density at radius 3 is 2.68 bits per heavy atom. The number of carboxylic acid groups (broad SMARTS) is 1. The van der Waals surface area contributed by atoms with Crippen molar-refractivity contribution in [3.05, 3.63) is 18.2 Å². The molecule has 0 saturated heterocycles. The number of anilines is 1. The molecule has 0 bridgehead atoms. The first-order valence-electron chi connectivity index (χ1n) is 6.32. The normalized spacial score (nSPS) is 10.2. The molecular formula is C13H16F2N2O5. The van der Waals surface area contributed by atoms with Crippen molar-refractivity contribution in [2.75, 3.05) is 19.0 Å². The van der Waals surface area contributed by atoms with Gasteiger partial charge in [0.25, 0.3) is 0 Å². The minimum absolute atomic E-state index is 0.00962. The summed E-state index contributed by atoms with van der Waals surface area (Å²) in [5, 5.41) is 13.2. The Bertz CT molecular complexity index is 525. The molecule has 0 atom stereocenters. The Morgan fingerprint density at radius 2 is 2.09 bits per heavy atom. The van der Waals surface area contributed by atoms with E-state index in [0.717, 1.165) is 0 Å². The molecule has 1 rings (SSSR count). The number of rotatable bonds is 8. The van der Waals surface area contributed by atoms with Gasteiger partial charge in [-0.05, 0) is 18.6 Å². The maximum atomic E-state index is 12.3. The summed E-state index contributed by atoms with van der Waals surface area (Å²) in [6, 6.07) is 3.31. The Balaban J connectivity index is 2.64. The number of halogens is 2. The van der Waals surface area contributed by atoms with Crippen LogP contribution in [0.4, 0.5) is 19.3 Å². The van der Waals surface area contributed by atoms with E-state index in [1.54, 1.807) is 0 Å². The molecule has 122 valence electrons. The largest absolute Gasteiger partial charge is 0.497 e. The lowest BCUT2D eigenvalue weighted by atomic mass is 10.2. The third kappa shape index (κ3) is 6.25. The van der Waals surface area contributed by atoms with Gasteiger partial charge < -0.3 is 25.2 Å². The van der Waals surface area contributed by atoms with Crippen molar-refractivity contribution in [1.29, 1.82) is 0 Å². The molecule has 22 heavy (non-hydrogen) atoms. The standard InChI is InChI=1S/C13H16F2N2O5/c1-21-8-4-5-10(22-12(14)15)9(7-8)17-13(20)16-6-2-3-11(18)19/h4-5,7,12H,2-3,6H2,1H3,(H,18,19)(H2,16,17,20).